The molecule has 2 N–H and O–H groups in total. The number of hydrogen-bond donors (Lipinski definition) is 2. The van der Waals surface area contributed by atoms with Gasteiger partial charge in [-0.25, -0.2) is 4.98 Å². The molecule has 3 fully saturated rings. The van der Waals surface area contributed by atoms with Gasteiger partial charge in [0.15, 0.2) is 17.3 Å². The van der Waals surface area contributed by atoms with Gasteiger partial charge in [0.1, 0.15) is 0 Å². The van der Waals surface area contributed by atoms with E-state index in [1.165, 1.54) is 18.1 Å². The summed E-state index contributed by atoms with van der Waals surface area (Å²) >= 11 is 12.6. The van der Waals surface area contributed by atoms with Gasteiger partial charge in [0.05, 0.1) is 40.9 Å². The molecule has 3 heterocycles. The highest BCUT2D eigenvalue weighted by atomic mass is 35.5. The molecule has 2 aliphatic carbocycles. The summed E-state index contributed by atoms with van der Waals surface area (Å²) in [5.41, 5.74) is 0.719. The highest BCUT2D eigenvalue weighted by molar-refractivity contribution is 6.33. The second-order valence-corrected chi connectivity index (χ2v) is 15.8. The van der Waals surface area contributed by atoms with Gasteiger partial charge in [0, 0.05) is 22.7 Å². The topological polar surface area (TPSA) is 129 Å². The standard InChI is InChI=1S/C39H35Cl2F3N4O6/c1-37(2,3)47-33(50)24-12-11-23-25(31(24)35(47)52)17-27-34(51)48(46-32-28(41)16-21(18-45-32)39(42,43)44)36(53)38(27,20-7-9-22(40)10-8-20)26(23)13-5-19-6-14-29(49)30(15-19)54-4/h5-11,13-16,18,24-27,31,49H,12,17H2,1-4H3,(H,45,46). The number of alkyl halides is 3. The van der Waals surface area contributed by atoms with Crippen molar-refractivity contribution in [1.29, 1.82) is 0 Å². The second kappa shape index (κ2) is 13.2. The highest BCUT2D eigenvalue weighted by Crippen LogP contribution is 2.62. The quantitative estimate of drug-likeness (QED) is 0.195. The third-order valence-electron chi connectivity index (χ3n) is 11.0. The summed E-state index contributed by atoms with van der Waals surface area (Å²) in [5.74, 6) is -6.49. The predicted octanol–water partition coefficient (Wildman–Crippen LogP) is 7.45. The molecular formula is C39H35Cl2F3N4O6. The number of anilines is 1. The summed E-state index contributed by atoms with van der Waals surface area (Å²) in [6.45, 7) is 5.34. The molecule has 6 atom stereocenters. The molecular weight excluding hydrogens is 748 g/mol. The van der Waals surface area contributed by atoms with Gasteiger partial charge in [-0.3, -0.25) is 29.5 Å². The van der Waals surface area contributed by atoms with Crippen LogP contribution in [0.4, 0.5) is 19.0 Å². The number of rotatable bonds is 6. The van der Waals surface area contributed by atoms with Crippen LogP contribution in [0.5, 0.6) is 11.5 Å². The van der Waals surface area contributed by atoms with Crippen LogP contribution in [0.3, 0.4) is 0 Å². The van der Waals surface area contributed by atoms with E-state index in [-0.39, 0.29) is 42.0 Å². The van der Waals surface area contributed by atoms with Crippen molar-refractivity contribution in [3.63, 3.8) is 0 Å². The normalized spacial score (nSPS) is 26.9. The molecule has 7 rings (SSSR count). The van der Waals surface area contributed by atoms with E-state index >= 15 is 4.79 Å². The number of likely N-dealkylation sites (tertiary alicyclic amines) is 1. The summed E-state index contributed by atoms with van der Waals surface area (Å²) in [4.78, 5) is 63.0. The van der Waals surface area contributed by atoms with Crippen LogP contribution in [0.2, 0.25) is 10.0 Å². The number of phenols is 1. The van der Waals surface area contributed by atoms with Crippen molar-refractivity contribution in [1.82, 2.24) is 14.9 Å². The lowest BCUT2D eigenvalue weighted by Gasteiger charge is -2.49. The Hall–Kier alpha value is -4.88. The van der Waals surface area contributed by atoms with Crippen molar-refractivity contribution in [2.45, 2.75) is 50.7 Å². The van der Waals surface area contributed by atoms with Gasteiger partial charge in [-0.2, -0.15) is 18.2 Å². The number of imide groups is 2. The monoisotopic (exact) mass is 782 g/mol. The lowest BCUT2D eigenvalue weighted by atomic mass is 9.50. The average Bonchev–Trinajstić information content (AvgIpc) is 3.50. The number of ether oxygens (including phenoxy) is 1. The number of hydrogen-bond acceptors (Lipinski definition) is 8. The first-order valence-electron chi connectivity index (χ1n) is 17.2. The number of halogens is 5. The van der Waals surface area contributed by atoms with Crippen LogP contribution in [0, 0.1) is 29.6 Å². The number of allylic oxidation sites excluding steroid dienone is 3. The first kappa shape index (κ1) is 37.4. The molecule has 10 nitrogen and oxygen atoms in total. The smallest absolute Gasteiger partial charge is 0.417 e. The van der Waals surface area contributed by atoms with Crippen molar-refractivity contribution in [2.75, 3.05) is 12.5 Å². The van der Waals surface area contributed by atoms with Crippen LogP contribution in [0.25, 0.3) is 6.08 Å². The summed E-state index contributed by atoms with van der Waals surface area (Å²) in [5, 5.41) is 10.9. The van der Waals surface area contributed by atoms with Crippen molar-refractivity contribution in [3.8, 4) is 11.5 Å². The zero-order valence-electron chi connectivity index (χ0n) is 29.4. The van der Waals surface area contributed by atoms with Crippen LogP contribution in [0.1, 0.15) is 50.3 Å². The number of aromatic hydroxyl groups is 1. The Kier molecular flexibility index (Phi) is 9.12. The molecule has 4 aliphatic rings. The molecule has 2 aromatic carbocycles. The van der Waals surface area contributed by atoms with Crippen molar-refractivity contribution in [2.24, 2.45) is 29.6 Å². The number of carbonyl (C=O) groups is 4. The van der Waals surface area contributed by atoms with E-state index in [2.05, 4.69) is 10.4 Å². The van der Waals surface area contributed by atoms with Crippen molar-refractivity contribution in [3.05, 3.63) is 99.2 Å². The fourth-order valence-electron chi connectivity index (χ4n) is 8.70. The molecule has 0 spiro atoms. The van der Waals surface area contributed by atoms with E-state index in [0.717, 1.165) is 5.01 Å². The van der Waals surface area contributed by atoms with E-state index in [4.69, 9.17) is 27.9 Å². The summed E-state index contributed by atoms with van der Waals surface area (Å²) in [6.07, 6.45) is 1.41. The summed E-state index contributed by atoms with van der Waals surface area (Å²) < 4.78 is 45.7. The van der Waals surface area contributed by atoms with Gasteiger partial charge in [-0.1, -0.05) is 65.2 Å². The molecule has 0 bridgehead atoms. The van der Waals surface area contributed by atoms with Crippen LogP contribution in [-0.2, 0) is 30.8 Å². The lowest BCUT2D eigenvalue weighted by Crippen LogP contribution is -2.54. The molecule has 1 saturated carbocycles. The third-order valence-corrected chi connectivity index (χ3v) is 11.5. The maximum Gasteiger partial charge on any atom is 0.417 e. The van der Waals surface area contributed by atoms with E-state index in [9.17, 15) is 32.7 Å². The molecule has 15 heteroatoms. The minimum Gasteiger partial charge on any atom is -0.504 e. The molecule has 0 radical (unpaired) electrons. The largest absolute Gasteiger partial charge is 0.504 e. The average molecular weight is 784 g/mol. The van der Waals surface area contributed by atoms with Crippen LogP contribution in [0.15, 0.2) is 72.5 Å². The van der Waals surface area contributed by atoms with Crippen LogP contribution in [-0.4, -0.2) is 56.3 Å². The van der Waals surface area contributed by atoms with Crippen LogP contribution < -0.4 is 10.2 Å². The van der Waals surface area contributed by atoms with Gasteiger partial charge in [0.2, 0.25) is 11.8 Å². The molecule has 1 aromatic heterocycles. The number of pyridine rings is 1. The molecule has 3 aromatic rings. The van der Waals surface area contributed by atoms with E-state index in [1.54, 1.807) is 69.3 Å². The maximum atomic E-state index is 15.2. The third kappa shape index (κ3) is 5.83. The van der Waals surface area contributed by atoms with E-state index < -0.39 is 69.1 Å². The molecule has 6 unspecified atom stereocenters. The van der Waals surface area contributed by atoms with E-state index in [0.29, 0.717) is 34.0 Å². The number of phenolic OH excluding ortho intramolecular Hbond substituents is 1. The summed E-state index contributed by atoms with van der Waals surface area (Å²) in [6, 6.07) is 11.8. The molecule has 282 valence electrons. The second-order valence-electron chi connectivity index (χ2n) is 14.9. The van der Waals surface area contributed by atoms with Gasteiger partial charge in [0.25, 0.3) is 11.8 Å². The Bertz CT molecular complexity index is 2150. The number of amides is 4. The number of benzene rings is 2. The van der Waals surface area contributed by atoms with Crippen molar-refractivity contribution < 1.29 is 42.2 Å². The zero-order chi connectivity index (χ0) is 39.1. The van der Waals surface area contributed by atoms with Gasteiger partial charge in [-0.15, -0.1) is 0 Å². The van der Waals surface area contributed by atoms with Crippen molar-refractivity contribution >= 4 is 58.7 Å². The Morgan fingerprint density at radius 2 is 1.69 bits per heavy atom. The van der Waals surface area contributed by atoms with E-state index in [1.807, 2.05) is 6.08 Å². The maximum absolute atomic E-state index is 15.2. The lowest BCUT2D eigenvalue weighted by molar-refractivity contribution is -0.146. The van der Waals surface area contributed by atoms with Gasteiger partial charge < -0.3 is 9.84 Å². The number of carbonyl (C=O) groups excluding carboxylic acids is 4. The summed E-state index contributed by atoms with van der Waals surface area (Å²) in [7, 11) is 1.40. The number of fused-ring (bicyclic) bond motifs is 4. The number of aromatic nitrogens is 1. The fourth-order valence-corrected chi connectivity index (χ4v) is 9.03. The molecule has 4 amide bonds. The minimum atomic E-state index is -4.74. The fraction of sp³-hybridized carbons (Fsp3) is 0.359. The van der Waals surface area contributed by atoms with Gasteiger partial charge >= 0.3 is 6.18 Å². The molecule has 2 saturated heterocycles. The number of methoxy groups -OCH3 is 1. The molecule has 54 heavy (non-hydrogen) atoms. The predicted molar refractivity (Wildman–Crippen MR) is 193 cm³/mol. The SMILES string of the molecule is COc1cc(C=CC2C3=CCC4C(=O)N(C(C)(C)C)C(=O)C4C3CC3C(=O)N(Nc4ncc(C(F)(F)F)cc4Cl)C(=O)C23c2ccc(Cl)cc2)ccc1O. The minimum absolute atomic E-state index is 0.000920. The number of hydrazine groups is 1. The Morgan fingerprint density at radius 3 is 2.31 bits per heavy atom. The Morgan fingerprint density at radius 1 is 0.981 bits per heavy atom. The number of nitrogens with one attached hydrogen (secondary N) is 1. The number of nitrogens with zero attached hydrogens (tertiary/aromatic N) is 3. The highest BCUT2D eigenvalue weighted by Gasteiger charge is 2.70. The Labute approximate surface area is 318 Å². The zero-order valence-corrected chi connectivity index (χ0v) is 31.0. The Balaban J connectivity index is 1.41. The molecule has 2 aliphatic heterocycles. The first-order chi connectivity index (χ1) is 25.4. The van der Waals surface area contributed by atoms with Crippen LogP contribution >= 0.6 is 23.2 Å². The van der Waals surface area contributed by atoms with Gasteiger partial charge in [-0.05, 0) is 81.0 Å². The first-order valence-corrected chi connectivity index (χ1v) is 17.9.